The summed E-state index contributed by atoms with van der Waals surface area (Å²) in [5.41, 5.74) is 0.991. The van der Waals surface area contributed by atoms with E-state index in [0.29, 0.717) is 37.3 Å². The molecule has 0 aliphatic rings. The molecule has 5 nitrogen and oxygen atoms in total. The molecular weight excluding hydrogens is 280 g/mol. The zero-order valence-corrected chi connectivity index (χ0v) is 12.9. The second-order valence-electron chi connectivity index (χ2n) is 4.24. The third kappa shape index (κ3) is 7.05. The lowest BCUT2D eigenvalue weighted by atomic mass is 10.2. The average molecular weight is 303 g/mol. The molecule has 0 aromatic carbocycles. The van der Waals surface area contributed by atoms with Gasteiger partial charge >= 0.3 is 0 Å². The van der Waals surface area contributed by atoms with Crippen LogP contribution in [0.3, 0.4) is 0 Å². The topological polar surface area (TPSA) is 52.6 Å². The van der Waals surface area contributed by atoms with Gasteiger partial charge in [-0.3, -0.25) is 0 Å². The fourth-order valence-electron chi connectivity index (χ4n) is 1.52. The molecule has 6 heteroatoms. The summed E-state index contributed by atoms with van der Waals surface area (Å²) in [5.74, 6) is 0.568. The Morgan fingerprint density at radius 2 is 2.05 bits per heavy atom. The van der Waals surface area contributed by atoms with Crippen molar-refractivity contribution < 1.29 is 14.2 Å². The predicted octanol–water partition coefficient (Wildman–Crippen LogP) is 2.28. The quantitative estimate of drug-likeness (QED) is 0.636. The van der Waals surface area contributed by atoms with Gasteiger partial charge in [-0.1, -0.05) is 18.5 Å². The van der Waals surface area contributed by atoms with Gasteiger partial charge in [0.05, 0.1) is 24.8 Å². The first-order chi connectivity index (χ1) is 9.77. The highest BCUT2D eigenvalue weighted by atomic mass is 35.5. The van der Waals surface area contributed by atoms with Crippen molar-refractivity contribution in [2.75, 3.05) is 40.1 Å². The summed E-state index contributed by atoms with van der Waals surface area (Å²) in [6, 6.07) is 1.86. The molecule has 0 amide bonds. The van der Waals surface area contributed by atoms with Crippen molar-refractivity contribution in [3.63, 3.8) is 0 Å². The SMILES string of the molecule is CCCNCc1cc(OCCOCCOC)ncc1Cl. The lowest BCUT2D eigenvalue weighted by molar-refractivity contribution is 0.0536. The Bertz CT molecular complexity index is 377. The molecule has 1 rings (SSSR count). The summed E-state index contributed by atoms with van der Waals surface area (Å²) in [6.45, 7) is 5.93. The molecule has 1 aromatic heterocycles. The van der Waals surface area contributed by atoms with E-state index in [1.165, 1.54) is 0 Å². The first-order valence-corrected chi connectivity index (χ1v) is 7.20. The van der Waals surface area contributed by atoms with Crippen LogP contribution in [-0.4, -0.2) is 45.1 Å². The molecule has 114 valence electrons. The number of ether oxygens (including phenoxy) is 3. The van der Waals surface area contributed by atoms with Crippen molar-refractivity contribution >= 4 is 11.6 Å². The Morgan fingerprint density at radius 3 is 2.80 bits per heavy atom. The van der Waals surface area contributed by atoms with Crippen LogP contribution >= 0.6 is 11.6 Å². The lowest BCUT2D eigenvalue weighted by Crippen LogP contribution is -2.15. The summed E-state index contributed by atoms with van der Waals surface area (Å²) >= 11 is 6.10. The average Bonchev–Trinajstić information content (AvgIpc) is 2.46. The fourth-order valence-corrected chi connectivity index (χ4v) is 1.69. The highest BCUT2D eigenvalue weighted by Gasteiger charge is 2.04. The Labute approximate surface area is 125 Å². The van der Waals surface area contributed by atoms with Crippen LogP contribution in [-0.2, 0) is 16.0 Å². The zero-order valence-electron chi connectivity index (χ0n) is 12.2. The molecule has 0 radical (unpaired) electrons. The van der Waals surface area contributed by atoms with E-state index in [9.17, 15) is 0 Å². The molecule has 1 aromatic rings. The van der Waals surface area contributed by atoms with Crippen LogP contribution in [0.15, 0.2) is 12.3 Å². The summed E-state index contributed by atoms with van der Waals surface area (Å²) in [5, 5.41) is 3.95. The third-order valence-corrected chi connectivity index (χ3v) is 2.90. The summed E-state index contributed by atoms with van der Waals surface area (Å²) < 4.78 is 15.7. The van der Waals surface area contributed by atoms with Gasteiger partial charge in [0.15, 0.2) is 0 Å². The molecule has 0 unspecified atom stereocenters. The highest BCUT2D eigenvalue weighted by molar-refractivity contribution is 6.31. The fraction of sp³-hybridized carbons (Fsp3) is 0.643. The van der Waals surface area contributed by atoms with Crippen LogP contribution in [0.2, 0.25) is 5.02 Å². The Balaban J connectivity index is 2.32. The molecule has 0 bridgehead atoms. The van der Waals surface area contributed by atoms with Gasteiger partial charge in [0, 0.05) is 25.9 Å². The molecule has 0 spiro atoms. The number of nitrogens with one attached hydrogen (secondary N) is 1. The zero-order chi connectivity index (χ0) is 14.6. The van der Waals surface area contributed by atoms with Gasteiger partial charge in [-0.25, -0.2) is 4.98 Å². The molecule has 0 atom stereocenters. The van der Waals surface area contributed by atoms with Crippen molar-refractivity contribution in [2.24, 2.45) is 0 Å². The van der Waals surface area contributed by atoms with Gasteiger partial charge < -0.3 is 19.5 Å². The molecular formula is C14H23ClN2O3. The van der Waals surface area contributed by atoms with Gasteiger partial charge in [0.2, 0.25) is 5.88 Å². The Kier molecular flexibility index (Phi) is 9.32. The van der Waals surface area contributed by atoms with Crippen LogP contribution in [0.25, 0.3) is 0 Å². The standard InChI is InChI=1S/C14H23ClN2O3/c1-3-4-16-10-12-9-14(17-11-13(12)15)20-8-7-19-6-5-18-2/h9,11,16H,3-8,10H2,1-2H3. The number of aromatic nitrogens is 1. The van der Waals surface area contributed by atoms with E-state index < -0.39 is 0 Å². The second kappa shape index (κ2) is 10.9. The van der Waals surface area contributed by atoms with E-state index in [4.69, 9.17) is 25.8 Å². The van der Waals surface area contributed by atoms with Gasteiger partial charge in [-0.2, -0.15) is 0 Å². The van der Waals surface area contributed by atoms with E-state index in [2.05, 4.69) is 17.2 Å². The molecule has 0 fully saturated rings. The first-order valence-electron chi connectivity index (χ1n) is 6.82. The number of pyridine rings is 1. The number of rotatable bonds is 11. The van der Waals surface area contributed by atoms with Gasteiger partial charge in [-0.05, 0) is 18.5 Å². The van der Waals surface area contributed by atoms with Crippen LogP contribution in [0.4, 0.5) is 0 Å². The summed E-state index contributed by atoms with van der Waals surface area (Å²) in [4.78, 5) is 4.14. The van der Waals surface area contributed by atoms with Crippen molar-refractivity contribution in [1.82, 2.24) is 10.3 Å². The van der Waals surface area contributed by atoms with Crippen LogP contribution in [0.1, 0.15) is 18.9 Å². The lowest BCUT2D eigenvalue weighted by Gasteiger charge is -2.09. The van der Waals surface area contributed by atoms with Crippen molar-refractivity contribution in [3.05, 3.63) is 22.8 Å². The van der Waals surface area contributed by atoms with E-state index in [-0.39, 0.29) is 0 Å². The largest absolute Gasteiger partial charge is 0.475 e. The second-order valence-corrected chi connectivity index (χ2v) is 4.65. The van der Waals surface area contributed by atoms with Gasteiger partial charge in [-0.15, -0.1) is 0 Å². The van der Waals surface area contributed by atoms with E-state index in [1.54, 1.807) is 13.3 Å². The molecule has 20 heavy (non-hydrogen) atoms. The van der Waals surface area contributed by atoms with Crippen molar-refractivity contribution in [2.45, 2.75) is 19.9 Å². The van der Waals surface area contributed by atoms with E-state index in [0.717, 1.165) is 25.1 Å². The molecule has 0 aliphatic carbocycles. The Morgan fingerprint density at radius 1 is 1.25 bits per heavy atom. The Hall–Kier alpha value is -0.880. The minimum absolute atomic E-state index is 0.459. The summed E-state index contributed by atoms with van der Waals surface area (Å²) in [6.07, 6.45) is 2.70. The monoisotopic (exact) mass is 302 g/mol. The van der Waals surface area contributed by atoms with E-state index >= 15 is 0 Å². The van der Waals surface area contributed by atoms with Crippen LogP contribution < -0.4 is 10.1 Å². The molecule has 0 saturated carbocycles. The van der Waals surface area contributed by atoms with E-state index in [1.807, 2.05) is 6.07 Å². The number of nitrogens with zero attached hydrogens (tertiary/aromatic N) is 1. The smallest absolute Gasteiger partial charge is 0.213 e. The van der Waals surface area contributed by atoms with Gasteiger partial charge in [0.25, 0.3) is 0 Å². The van der Waals surface area contributed by atoms with Crippen LogP contribution in [0, 0.1) is 0 Å². The van der Waals surface area contributed by atoms with Crippen molar-refractivity contribution in [1.29, 1.82) is 0 Å². The van der Waals surface area contributed by atoms with Crippen LogP contribution in [0.5, 0.6) is 5.88 Å². The maximum Gasteiger partial charge on any atom is 0.213 e. The maximum absolute atomic E-state index is 6.10. The minimum Gasteiger partial charge on any atom is -0.475 e. The first kappa shape index (κ1) is 17.2. The number of methoxy groups -OCH3 is 1. The summed E-state index contributed by atoms with van der Waals surface area (Å²) in [7, 11) is 1.64. The third-order valence-electron chi connectivity index (χ3n) is 2.56. The number of halogens is 1. The normalized spacial score (nSPS) is 10.8. The highest BCUT2D eigenvalue weighted by Crippen LogP contribution is 2.19. The maximum atomic E-state index is 6.10. The van der Waals surface area contributed by atoms with Crippen molar-refractivity contribution in [3.8, 4) is 5.88 Å². The number of hydrogen-bond acceptors (Lipinski definition) is 5. The molecule has 1 heterocycles. The molecule has 1 N–H and O–H groups in total. The molecule has 0 saturated heterocycles. The number of hydrogen-bond donors (Lipinski definition) is 1. The predicted molar refractivity (Wildman–Crippen MR) is 79.4 cm³/mol. The molecule has 0 aliphatic heterocycles. The minimum atomic E-state index is 0.459. The van der Waals surface area contributed by atoms with Gasteiger partial charge in [0.1, 0.15) is 6.61 Å².